The molecule has 0 unspecified atom stereocenters. The molecule has 7 heteroatoms. The molecule has 0 amide bonds. The summed E-state index contributed by atoms with van der Waals surface area (Å²) in [5.74, 6) is 0.895. The first-order valence-electron chi connectivity index (χ1n) is 7.81. The number of oxazole rings is 1. The topological polar surface area (TPSA) is 96.9 Å². The second-order valence-corrected chi connectivity index (χ2v) is 5.38. The summed E-state index contributed by atoms with van der Waals surface area (Å²) in [5, 5.41) is 12.3. The van der Waals surface area contributed by atoms with Gasteiger partial charge in [0.15, 0.2) is 5.58 Å². The maximum absolute atomic E-state index is 9.40. The Morgan fingerprint density at radius 2 is 1.88 bits per heavy atom. The van der Waals surface area contributed by atoms with Crippen molar-refractivity contribution in [1.82, 2.24) is 15.0 Å². The van der Waals surface area contributed by atoms with Gasteiger partial charge >= 0.3 is 6.01 Å². The average molecular weight is 343 g/mol. The van der Waals surface area contributed by atoms with Crippen molar-refractivity contribution < 1.29 is 9.15 Å². The van der Waals surface area contributed by atoms with Crippen LogP contribution >= 0.6 is 0 Å². The Balaban J connectivity index is 1.75. The minimum atomic E-state index is 0.275. The van der Waals surface area contributed by atoms with E-state index in [0.29, 0.717) is 28.2 Å². The minimum Gasteiger partial charge on any atom is -0.496 e. The number of benzene rings is 2. The fraction of sp³-hybridized carbons (Fsp3) is 0.0526. The number of aromatic nitrogens is 3. The fourth-order valence-corrected chi connectivity index (χ4v) is 2.59. The van der Waals surface area contributed by atoms with Crippen LogP contribution in [0.2, 0.25) is 0 Å². The van der Waals surface area contributed by atoms with Gasteiger partial charge in [0.2, 0.25) is 5.95 Å². The molecule has 2 heterocycles. The van der Waals surface area contributed by atoms with E-state index in [1.54, 1.807) is 7.11 Å². The monoisotopic (exact) mass is 343 g/mol. The van der Waals surface area contributed by atoms with Crippen molar-refractivity contribution in [1.29, 1.82) is 5.26 Å². The molecule has 126 valence electrons. The van der Waals surface area contributed by atoms with Gasteiger partial charge in [-0.2, -0.15) is 10.2 Å². The highest BCUT2D eigenvalue weighted by atomic mass is 16.5. The van der Waals surface area contributed by atoms with Crippen molar-refractivity contribution in [2.75, 3.05) is 12.4 Å². The molecule has 4 aromatic rings. The van der Waals surface area contributed by atoms with E-state index in [9.17, 15) is 5.26 Å². The van der Waals surface area contributed by atoms with Crippen LogP contribution in [0.15, 0.2) is 59.1 Å². The van der Waals surface area contributed by atoms with Crippen LogP contribution in [0, 0.1) is 11.3 Å². The molecule has 4 rings (SSSR count). The summed E-state index contributed by atoms with van der Waals surface area (Å²) >= 11 is 0. The number of methoxy groups -OCH3 is 1. The molecule has 7 nitrogen and oxygen atoms in total. The number of anilines is 2. The zero-order valence-electron chi connectivity index (χ0n) is 13.8. The van der Waals surface area contributed by atoms with Crippen LogP contribution in [0.25, 0.3) is 22.4 Å². The van der Waals surface area contributed by atoms with Gasteiger partial charge < -0.3 is 9.15 Å². The van der Waals surface area contributed by atoms with Crippen LogP contribution in [-0.2, 0) is 0 Å². The molecular formula is C19H13N5O2. The molecule has 2 aromatic carbocycles. The van der Waals surface area contributed by atoms with Gasteiger partial charge in [-0.25, -0.2) is 9.97 Å². The highest BCUT2D eigenvalue weighted by molar-refractivity contribution is 5.75. The SMILES string of the molecule is COc1ccccc1-c1nc(Nc2nc3ccccc3o2)ncc1C#N. The van der Waals surface area contributed by atoms with Crippen LogP contribution in [-0.4, -0.2) is 22.1 Å². The number of ether oxygens (including phenoxy) is 1. The van der Waals surface area contributed by atoms with E-state index in [-0.39, 0.29) is 12.0 Å². The van der Waals surface area contributed by atoms with Crippen molar-refractivity contribution in [3.63, 3.8) is 0 Å². The van der Waals surface area contributed by atoms with E-state index in [1.807, 2.05) is 48.5 Å². The Morgan fingerprint density at radius 3 is 2.69 bits per heavy atom. The zero-order chi connectivity index (χ0) is 17.9. The number of fused-ring (bicyclic) bond motifs is 1. The minimum absolute atomic E-state index is 0.275. The molecule has 2 aromatic heterocycles. The van der Waals surface area contributed by atoms with Crippen molar-refractivity contribution in [3.05, 3.63) is 60.3 Å². The molecule has 0 radical (unpaired) electrons. The molecule has 0 saturated carbocycles. The average Bonchev–Trinajstić information content (AvgIpc) is 3.10. The number of nitrogens with one attached hydrogen (secondary N) is 1. The molecule has 0 spiro atoms. The number of rotatable bonds is 4. The summed E-state index contributed by atoms with van der Waals surface area (Å²) in [6, 6.07) is 17.2. The van der Waals surface area contributed by atoms with Gasteiger partial charge in [0.05, 0.1) is 24.6 Å². The first-order chi connectivity index (χ1) is 12.8. The maximum Gasteiger partial charge on any atom is 0.302 e. The van der Waals surface area contributed by atoms with Crippen LogP contribution in [0.5, 0.6) is 5.75 Å². The lowest BCUT2D eigenvalue weighted by atomic mass is 10.1. The standard InChI is InChI=1S/C19H13N5O2/c1-25-15-8-4-2-6-13(15)17-12(10-20)11-21-18(23-17)24-19-22-14-7-3-5-9-16(14)26-19/h2-9,11H,1H3,(H,21,22,23,24). The number of para-hydroxylation sites is 3. The second-order valence-electron chi connectivity index (χ2n) is 5.38. The van der Waals surface area contributed by atoms with Crippen LogP contribution in [0.3, 0.4) is 0 Å². The number of hydrogen-bond acceptors (Lipinski definition) is 7. The van der Waals surface area contributed by atoms with E-state index in [2.05, 4.69) is 26.3 Å². The first-order valence-corrected chi connectivity index (χ1v) is 7.81. The third-order valence-corrected chi connectivity index (χ3v) is 3.78. The highest BCUT2D eigenvalue weighted by Crippen LogP contribution is 2.31. The van der Waals surface area contributed by atoms with Crippen molar-refractivity contribution in [2.24, 2.45) is 0 Å². The Hall–Kier alpha value is -3.92. The summed E-state index contributed by atoms with van der Waals surface area (Å²) in [7, 11) is 1.57. The summed E-state index contributed by atoms with van der Waals surface area (Å²) in [6.07, 6.45) is 1.46. The summed E-state index contributed by atoms with van der Waals surface area (Å²) in [4.78, 5) is 13.0. The molecule has 26 heavy (non-hydrogen) atoms. The molecule has 0 fully saturated rings. The zero-order valence-corrected chi connectivity index (χ0v) is 13.8. The first kappa shape index (κ1) is 15.6. The molecule has 0 aliphatic carbocycles. The van der Waals surface area contributed by atoms with Gasteiger partial charge in [-0.1, -0.05) is 24.3 Å². The van der Waals surface area contributed by atoms with Crippen LogP contribution in [0.1, 0.15) is 5.56 Å². The molecular weight excluding hydrogens is 330 g/mol. The Bertz CT molecular complexity index is 1100. The van der Waals surface area contributed by atoms with Crippen molar-refractivity contribution in [2.45, 2.75) is 0 Å². The lowest BCUT2D eigenvalue weighted by Gasteiger charge is -2.10. The predicted molar refractivity (Wildman–Crippen MR) is 96.0 cm³/mol. The van der Waals surface area contributed by atoms with E-state index in [0.717, 1.165) is 5.52 Å². The fourth-order valence-electron chi connectivity index (χ4n) is 2.59. The Morgan fingerprint density at radius 1 is 1.08 bits per heavy atom. The summed E-state index contributed by atoms with van der Waals surface area (Å²) in [6.45, 7) is 0. The largest absolute Gasteiger partial charge is 0.496 e. The van der Waals surface area contributed by atoms with Gasteiger partial charge in [0, 0.05) is 5.56 Å². The van der Waals surface area contributed by atoms with Crippen molar-refractivity contribution >= 4 is 23.1 Å². The number of nitrogens with zero attached hydrogens (tertiary/aromatic N) is 4. The van der Waals surface area contributed by atoms with E-state index < -0.39 is 0 Å². The lowest BCUT2D eigenvalue weighted by Crippen LogP contribution is -2.01. The third-order valence-electron chi connectivity index (χ3n) is 3.78. The number of nitriles is 1. The molecule has 0 saturated heterocycles. The van der Waals surface area contributed by atoms with Gasteiger partial charge in [-0.05, 0) is 24.3 Å². The number of hydrogen-bond donors (Lipinski definition) is 1. The normalized spacial score (nSPS) is 10.5. The predicted octanol–water partition coefficient (Wildman–Crippen LogP) is 3.91. The molecule has 0 aliphatic heterocycles. The Kier molecular flexibility index (Phi) is 3.92. The van der Waals surface area contributed by atoms with Crippen LogP contribution < -0.4 is 10.1 Å². The summed E-state index contributed by atoms with van der Waals surface area (Å²) in [5.41, 5.74) is 2.91. The van der Waals surface area contributed by atoms with Crippen LogP contribution in [0.4, 0.5) is 12.0 Å². The lowest BCUT2D eigenvalue weighted by molar-refractivity contribution is 0.416. The van der Waals surface area contributed by atoms with E-state index in [1.165, 1.54) is 6.20 Å². The maximum atomic E-state index is 9.40. The van der Waals surface area contributed by atoms with E-state index >= 15 is 0 Å². The quantitative estimate of drug-likeness (QED) is 0.600. The third kappa shape index (κ3) is 2.80. The second kappa shape index (κ2) is 6.53. The molecule has 0 atom stereocenters. The van der Waals surface area contributed by atoms with Gasteiger partial charge in [-0.15, -0.1) is 0 Å². The molecule has 0 aliphatic rings. The van der Waals surface area contributed by atoms with Gasteiger partial charge in [-0.3, -0.25) is 5.32 Å². The van der Waals surface area contributed by atoms with Gasteiger partial charge in [0.25, 0.3) is 0 Å². The highest BCUT2D eigenvalue weighted by Gasteiger charge is 2.15. The van der Waals surface area contributed by atoms with Gasteiger partial charge in [0.1, 0.15) is 17.3 Å². The van der Waals surface area contributed by atoms with E-state index in [4.69, 9.17) is 9.15 Å². The summed E-state index contributed by atoms with van der Waals surface area (Å²) < 4.78 is 11.0. The Labute approximate surface area is 148 Å². The molecule has 1 N–H and O–H groups in total. The molecule has 0 bridgehead atoms. The van der Waals surface area contributed by atoms with Crippen molar-refractivity contribution in [3.8, 4) is 23.1 Å². The smallest absolute Gasteiger partial charge is 0.302 e.